The van der Waals surface area contributed by atoms with E-state index in [0.29, 0.717) is 23.7 Å². The van der Waals surface area contributed by atoms with Gasteiger partial charge in [0.15, 0.2) is 30.1 Å². The molecule has 28 heavy (non-hydrogen) atoms. The minimum absolute atomic E-state index is 0.572. The van der Waals surface area contributed by atoms with Gasteiger partial charge in [0.1, 0.15) is 6.29 Å². The summed E-state index contributed by atoms with van der Waals surface area (Å²) in [5, 5.41) is 0. The van der Waals surface area contributed by atoms with E-state index < -0.39 is 0 Å². The van der Waals surface area contributed by atoms with E-state index in [4.69, 9.17) is 9.47 Å². The second kappa shape index (κ2) is 10.1. The molecule has 0 saturated heterocycles. The first-order valence-corrected chi connectivity index (χ1v) is 9.27. The zero-order valence-electron chi connectivity index (χ0n) is 16.0. The molecular weight excluding hydrogens is 350 g/mol. The number of aldehydes is 1. The number of benzene rings is 2. The molecule has 0 unspecified atom stereocenters. The Bertz CT molecular complexity index is 936. The highest BCUT2D eigenvalue weighted by Gasteiger charge is 2.05. The molecule has 0 amide bonds. The summed E-state index contributed by atoms with van der Waals surface area (Å²) >= 11 is 0. The van der Waals surface area contributed by atoms with Crippen LogP contribution < -0.4 is 14.0 Å². The van der Waals surface area contributed by atoms with Gasteiger partial charge in [-0.15, -0.1) is 0 Å². The van der Waals surface area contributed by atoms with Gasteiger partial charge in [-0.25, -0.2) is 0 Å². The number of ether oxygens (including phenoxy) is 2. The van der Waals surface area contributed by atoms with Gasteiger partial charge in [0.25, 0.3) is 0 Å². The maximum atomic E-state index is 10.9. The summed E-state index contributed by atoms with van der Waals surface area (Å²) in [7, 11) is 1.57. The summed E-state index contributed by atoms with van der Waals surface area (Å²) in [4.78, 5) is 10.9. The second-order valence-corrected chi connectivity index (χ2v) is 6.36. The van der Waals surface area contributed by atoms with Crippen molar-refractivity contribution in [2.75, 3.05) is 13.7 Å². The van der Waals surface area contributed by atoms with Gasteiger partial charge >= 0.3 is 0 Å². The third kappa shape index (κ3) is 5.55. The predicted octanol–water partition coefficient (Wildman–Crippen LogP) is 4.43. The van der Waals surface area contributed by atoms with Crippen molar-refractivity contribution in [2.45, 2.75) is 12.8 Å². The molecule has 0 spiro atoms. The van der Waals surface area contributed by atoms with Crippen LogP contribution in [0.4, 0.5) is 0 Å². The second-order valence-electron chi connectivity index (χ2n) is 6.36. The SMILES string of the molecule is COc1cc(C=O)ccc1OCCCc1cccc(C=C[n+]2ccccc2)c1. The summed E-state index contributed by atoms with van der Waals surface area (Å²) in [6, 6.07) is 19.7. The highest BCUT2D eigenvalue weighted by molar-refractivity contribution is 5.76. The van der Waals surface area contributed by atoms with Crippen molar-refractivity contribution in [2.24, 2.45) is 0 Å². The number of aryl methyl sites for hydroxylation is 1. The molecule has 2 aromatic carbocycles. The first-order chi connectivity index (χ1) is 13.8. The van der Waals surface area contributed by atoms with E-state index in [9.17, 15) is 4.79 Å². The average molecular weight is 374 g/mol. The van der Waals surface area contributed by atoms with E-state index in [-0.39, 0.29) is 0 Å². The van der Waals surface area contributed by atoms with Crippen molar-refractivity contribution < 1.29 is 18.8 Å². The summed E-state index contributed by atoms with van der Waals surface area (Å²) < 4.78 is 13.1. The number of hydrogen-bond acceptors (Lipinski definition) is 3. The standard InChI is InChI=1S/C24H24NO3/c1-27-24-18-22(19-26)10-11-23(24)28-16-6-9-20-7-5-8-21(17-20)12-15-25-13-3-2-4-14-25/h2-5,7-8,10-15,17-19H,6,9,16H2,1H3/q+1. The molecule has 0 aliphatic heterocycles. The maximum Gasteiger partial charge on any atom is 0.175 e. The minimum atomic E-state index is 0.572. The molecule has 3 aromatic rings. The fourth-order valence-corrected chi connectivity index (χ4v) is 2.87. The lowest BCUT2D eigenvalue weighted by atomic mass is 10.1. The van der Waals surface area contributed by atoms with E-state index >= 15 is 0 Å². The van der Waals surface area contributed by atoms with Crippen LogP contribution in [0.25, 0.3) is 12.3 Å². The van der Waals surface area contributed by atoms with Crippen LogP contribution in [0.5, 0.6) is 11.5 Å². The molecule has 4 nitrogen and oxygen atoms in total. The van der Waals surface area contributed by atoms with Crippen LogP contribution >= 0.6 is 0 Å². The van der Waals surface area contributed by atoms with Crippen molar-refractivity contribution >= 4 is 18.6 Å². The first kappa shape index (κ1) is 19.4. The Labute approximate surface area is 165 Å². The van der Waals surface area contributed by atoms with Gasteiger partial charge < -0.3 is 9.47 Å². The van der Waals surface area contributed by atoms with Crippen molar-refractivity contribution in [1.29, 1.82) is 0 Å². The normalized spacial score (nSPS) is 10.8. The molecule has 0 atom stereocenters. The average Bonchev–Trinajstić information content (AvgIpc) is 2.76. The van der Waals surface area contributed by atoms with Crippen LogP contribution in [-0.2, 0) is 6.42 Å². The molecule has 3 rings (SSSR count). The zero-order valence-corrected chi connectivity index (χ0v) is 16.0. The smallest absolute Gasteiger partial charge is 0.175 e. The molecule has 0 fully saturated rings. The van der Waals surface area contributed by atoms with Crippen LogP contribution in [0.2, 0.25) is 0 Å². The van der Waals surface area contributed by atoms with Crippen molar-refractivity contribution in [1.82, 2.24) is 0 Å². The number of pyridine rings is 1. The van der Waals surface area contributed by atoms with Crippen LogP contribution in [0.1, 0.15) is 27.9 Å². The monoisotopic (exact) mass is 374 g/mol. The minimum Gasteiger partial charge on any atom is -0.493 e. The number of aromatic nitrogens is 1. The summed E-state index contributed by atoms with van der Waals surface area (Å²) in [6.07, 6.45) is 10.8. The van der Waals surface area contributed by atoms with Crippen molar-refractivity contribution in [3.8, 4) is 11.5 Å². The molecule has 0 saturated carbocycles. The third-order valence-corrected chi connectivity index (χ3v) is 4.32. The van der Waals surface area contributed by atoms with Crippen LogP contribution in [-0.4, -0.2) is 20.0 Å². The van der Waals surface area contributed by atoms with E-state index in [1.807, 2.05) is 41.4 Å². The molecule has 0 bridgehead atoms. The highest BCUT2D eigenvalue weighted by atomic mass is 16.5. The molecule has 142 valence electrons. The topological polar surface area (TPSA) is 39.4 Å². The van der Waals surface area contributed by atoms with Gasteiger partial charge in [-0.1, -0.05) is 30.3 Å². The lowest BCUT2D eigenvalue weighted by Gasteiger charge is -2.11. The number of hydrogen-bond donors (Lipinski definition) is 0. The molecular formula is C24H24NO3+. The third-order valence-electron chi connectivity index (χ3n) is 4.32. The Morgan fingerprint density at radius 3 is 2.57 bits per heavy atom. The quantitative estimate of drug-likeness (QED) is 0.316. The van der Waals surface area contributed by atoms with Gasteiger partial charge in [0, 0.05) is 23.8 Å². The van der Waals surface area contributed by atoms with Crippen molar-refractivity contribution in [3.63, 3.8) is 0 Å². The van der Waals surface area contributed by atoms with Gasteiger partial charge in [-0.2, -0.15) is 4.57 Å². The summed E-state index contributed by atoms with van der Waals surface area (Å²) in [5.41, 5.74) is 3.01. The summed E-state index contributed by atoms with van der Waals surface area (Å²) in [6.45, 7) is 0.580. The van der Waals surface area contributed by atoms with Gasteiger partial charge in [0.05, 0.1) is 13.7 Å². The molecule has 1 heterocycles. The lowest BCUT2D eigenvalue weighted by Crippen LogP contribution is -2.23. The molecule has 0 aliphatic carbocycles. The van der Waals surface area contributed by atoms with E-state index in [1.165, 1.54) is 11.1 Å². The van der Waals surface area contributed by atoms with Crippen LogP contribution in [0.15, 0.2) is 73.1 Å². The van der Waals surface area contributed by atoms with Crippen LogP contribution in [0.3, 0.4) is 0 Å². The Kier molecular flexibility index (Phi) is 6.96. The number of rotatable bonds is 9. The number of methoxy groups -OCH3 is 1. The first-order valence-electron chi connectivity index (χ1n) is 9.27. The fourth-order valence-electron chi connectivity index (χ4n) is 2.87. The van der Waals surface area contributed by atoms with Gasteiger partial charge in [-0.05, 0) is 42.2 Å². The van der Waals surface area contributed by atoms with Crippen LogP contribution in [0, 0.1) is 0 Å². The Hall–Kier alpha value is -3.40. The largest absolute Gasteiger partial charge is 0.493 e. The lowest BCUT2D eigenvalue weighted by molar-refractivity contribution is -0.567. The van der Waals surface area contributed by atoms with Gasteiger partial charge in [0.2, 0.25) is 0 Å². The maximum absolute atomic E-state index is 10.9. The number of carbonyl (C=O) groups excluding carboxylic acids is 1. The van der Waals surface area contributed by atoms with Crippen molar-refractivity contribution in [3.05, 3.63) is 89.7 Å². The summed E-state index contributed by atoms with van der Waals surface area (Å²) in [5.74, 6) is 1.24. The molecule has 1 aromatic heterocycles. The number of nitrogens with zero attached hydrogens (tertiary/aromatic N) is 1. The van der Waals surface area contributed by atoms with Gasteiger partial charge in [-0.3, -0.25) is 4.79 Å². The Morgan fingerprint density at radius 1 is 0.929 bits per heavy atom. The fraction of sp³-hybridized carbons (Fsp3) is 0.167. The molecule has 0 aliphatic rings. The van der Waals surface area contributed by atoms with E-state index in [0.717, 1.165) is 19.1 Å². The highest BCUT2D eigenvalue weighted by Crippen LogP contribution is 2.27. The predicted molar refractivity (Wildman–Crippen MR) is 111 cm³/mol. The number of carbonyl (C=O) groups is 1. The Balaban J connectivity index is 1.53. The Morgan fingerprint density at radius 2 is 1.79 bits per heavy atom. The molecule has 4 heteroatoms. The molecule has 0 radical (unpaired) electrons. The van der Waals surface area contributed by atoms with E-state index in [2.05, 4.69) is 30.3 Å². The van der Waals surface area contributed by atoms with E-state index in [1.54, 1.807) is 25.3 Å². The zero-order chi connectivity index (χ0) is 19.6. The molecule has 0 N–H and O–H groups in total.